The van der Waals surface area contributed by atoms with E-state index in [0.29, 0.717) is 11.4 Å². The second kappa shape index (κ2) is 8.69. The highest BCUT2D eigenvalue weighted by atomic mass is 32.1. The Morgan fingerprint density at radius 2 is 1.79 bits per heavy atom. The van der Waals surface area contributed by atoms with Crippen LogP contribution in [0, 0.1) is 0 Å². The summed E-state index contributed by atoms with van der Waals surface area (Å²) in [6, 6.07) is 13.2. The van der Waals surface area contributed by atoms with E-state index >= 15 is 0 Å². The van der Waals surface area contributed by atoms with Gasteiger partial charge in [0.15, 0.2) is 6.10 Å². The molecule has 2 aromatic rings. The molecule has 1 saturated carbocycles. The lowest BCUT2D eigenvalue weighted by Gasteiger charge is -2.28. The summed E-state index contributed by atoms with van der Waals surface area (Å²) in [6.45, 7) is 3.46. The van der Waals surface area contributed by atoms with Gasteiger partial charge < -0.3 is 10.1 Å². The molecule has 3 rings (SSSR count). The van der Waals surface area contributed by atoms with Crippen LogP contribution in [0.15, 0.2) is 42.5 Å². The Balaban J connectivity index is 1.69. The van der Waals surface area contributed by atoms with Crippen LogP contribution in [-0.4, -0.2) is 23.8 Å². The Morgan fingerprint density at radius 3 is 2.43 bits per heavy atom. The quantitative estimate of drug-likeness (QED) is 0.564. The number of Topliss-reactive ketones (excluding diaryl/α,β-unsaturated/α-hetero) is 1. The van der Waals surface area contributed by atoms with Crippen LogP contribution < -0.4 is 5.32 Å². The van der Waals surface area contributed by atoms with Gasteiger partial charge >= 0.3 is 5.97 Å². The topological polar surface area (TPSA) is 72.5 Å². The monoisotopic (exact) mass is 399 g/mol. The van der Waals surface area contributed by atoms with Crippen LogP contribution in [0.2, 0.25) is 0 Å². The van der Waals surface area contributed by atoms with Crippen molar-refractivity contribution < 1.29 is 19.1 Å². The maximum Gasteiger partial charge on any atom is 0.317 e. The Labute approximate surface area is 169 Å². The minimum absolute atomic E-state index is 0.119. The smallest absolute Gasteiger partial charge is 0.317 e. The molecule has 1 amide bonds. The molecule has 0 aliphatic heterocycles. The zero-order chi connectivity index (χ0) is 20.1. The van der Waals surface area contributed by atoms with Crippen molar-refractivity contribution in [2.45, 2.75) is 57.6 Å². The predicted octanol–water partition coefficient (Wildman–Crippen LogP) is 4.01. The molecule has 0 saturated heterocycles. The molecule has 5 nitrogen and oxygen atoms in total. The Bertz CT molecular complexity index is 852. The zero-order valence-electron chi connectivity index (χ0n) is 16.2. The van der Waals surface area contributed by atoms with E-state index in [1.165, 1.54) is 18.3 Å². The molecule has 1 heterocycles. The molecule has 1 fully saturated rings. The van der Waals surface area contributed by atoms with Crippen LogP contribution in [0.1, 0.15) is 59.6 Å². The molecule has 1 atom stereocenters. The van der Waals surface area contributed by atoms with Crippen molar-refractivity contribution in [1.29, 1.82) is 0 Å². The van der Waals surface area contributed by atoms with Crippen molar-refractivity contribution in [2.24, 2.45) is 0 Å². The highest BCUT2D eigenvalue weighted by Gasteiger charge is 2.45. The first-order valence-electron chi connectivity index (χ1n) is 9.56. The third-order valence-electron chi connectivity index (χ3n) is 5.24. The Hall–Kier alpha value is -2.47. The zero-order valence-corrected chi connectivity index (χ0v) is 17.0. The maximum absolute atomic E-state index is 13.1. The van der Waals surface area contributed by atoms with E-state index < -0.39 is 11.5 Å². The minimum atomic E-state index is -0.846. The number of rotatable bonds is 7. The number of thiophene rings is 1. The number of ketones is 1. The SMILES string of the molecule is CC(=O)NCc1ccc(C(=O)C(C)OC(=O)C2(c3ccccc3)CCCC2)s1. The highest BCUT2D eigenvalue weighted by Crippen LogP contribution is 2.42. The summed E-state index contributed by atoms with van der Waals surface area (Å²) in [5.74, 6) is -0.646. The first kappa shape index (κ1) is 20.3. The Kier molecular flexibility index (Phi) is 6.29. The van der Waals surface area contributed by atoms with Crippen LogP contribution in [-0.2, 0) is 26.3 Å². The molecule has 28 heavy (non-hydrogen) atoms. The van der Waals surface area contributed by atoms with Crippen molar-refractivity contribution in [3.8, 4) is 0 Å². The van der Waals surface area contributed by atoms with Gasteiger partial charge in [0.2, 0.25) is 11.7 Å². The fourth-order valence-corrected chi connectivity index (χ4v) is 4.66. The predicted molar refractivity (Wildman–Crippen MR) is 108 cm³/mol. The van der Waals surface area contributed by atoms with E-state index in [4.69, 9.17) is 4.74 Å². The molecule has 0 bridgehead atoms. The fourth-order valence-electron chi connectivity index (χ4n) is 3.69. The third kappa shape index (κ3) is 4.33. The molecule has 1 unspecified atom stereocenters. The van der Waals surface area contributed by atoms with E-state index in [2.05, 4.69) is 5.32 Å². The van der Waals surface area contributed by atoms with Crippen molar-refractivity contribution >= 4 is 29.0 Å². The fraction of sp³-hybridized carbons (Fsp3) is 0.409. The second-order valence-corrected chi connectivity index (χ2v) is 8.41. The lowest BCUT2D eigenvalue weighted by atomic mass is 9.79. The van der Waals surface area contributed by atoms with Crippen molar-refractivity contribution in [3.05, 3.63) is 57.8 Å². The molecule has 1 aromatic carbocycles. The van der Waals surface area contributed by atoms with Crippen LogP contribution in [0.25, 0.3) is 0 Å². The van der Waals surface area contributed by atoms with Gasteiger partial charge in [0.1, 0.15) is 0 Å². The number of esters is 1. The number of amides is 1. The van der Waals surface area contributed by atoms with E-state index in [-0.39, 0.29) is 17.7 Å². The highest BCUT2D eigenvalue weighted by molar-refractivity contribution is 7.14. The normalized spacial score (nSPS) is 16.4. The number of hydrogen-bond donors (Lipinski definition) is 1. The molecule has 1 N–H and O–H groups in total. The summed E-state index contributed by atoms with van der Waals surface area (Å²) in [5, 5.41) is 2.71. The molecule has 1 aliphatic carbocycles. The molecule has 6 heteroatoms. The average Bonchev–Trinajstić information content (AvgIpc) is 3.37. The van der Waals surface area contributed by atoms with Gasteiger partial charge in [0.05, 0.1) is 16.8 Å². The van der Waals surface area contributed by atoms with Gasteiger partial charge in [-0.2, -0.15) is 0 Å². The summed E-state index contributed by atoms with van der Waals surface area (Å²) < 4.78 is 5.66. The molecular weight excluding hydrogens is 374 g/mol. The average molecular weight is 400 g/mol. The van der Waals surface area contributed by atoms with Gasteiger partial charge in [0.25, 0.3) is 0 Å². The van der Waals surface area contributed by atoms with Crippen molar-refractivity contribution in [3.63, 3.8) is 0 Å². The lowest BCUT2D eigenvalue weighted by Crippen LogP contribution is -2.38. The summed E-state index contributed by atoms with van der Waals surface area (Å²) in [4.78, 5) is 38.3. The first-order chi connectivity index (χ1) is 13.4. The minimum Gasteiger partial charge on any atom is -0.454 e. The second-order valence-electron chi connectivity index (χ2n) is 7.24. The van der Waals surface area contributed by atoms with Gasteiger partial charge in [-0.3, -0.25) is 14.4 Å². The molecule has 0 radical (unpaired) electrons. The van der Waals surface area contributed by atoms with Crippen LogP contribution in [0.4, 0.5) is 0 Å². The molecular formula is C22H25NO4S. The number of ether oxygens (including phenoxy) is 1. The molecule has 0 spiro atoms. The molecule has 1 aliphatic rings. The standard InChI is InChI=1S/C22H25NO4S/c1-15(20(25)19-11-10-18(28-19)14-23-16(2)24)27-21(26)22(12-6-7-13-22)17-8-4-3-5-9-17/h3-5,8-11,15H,6-7,12-14H2,1-2H3,(H,23,24). The lowest BCUT2D eigenvalue weighted by molar-refractivity contribution is -0.153. The van der Waals surface area contributed by atoms with Gasteiger partial charge in [-0.05, 0) is 37.5 Å². The van der Waals surface area contributed by atoms with Crippen LogP contribution in [0.5, 0.6) is 0 Å². The van der Waals surface area contributed by atoms with Crippen molar-refractivity contribution in [2.75, 3.05) is 0 Å². The summed E-state index contributed by atoms with van der Waals surface area (Å²) in [6.07, 6.45) is 2.60. The van der Waals surface area contributed by atoms with Gasteiger partial charge in [0, 0.05) is 11.8 Å². The maximum atomic E-state index is 13.1. The van der Waals surface area contributed by atoms with Crippen LogP contribution >= 0.6 is 11.3 Å². The van der Waals surface area contributed by atoms with Gasteiger partial charge in [-0.1, -0.05) is 43.2 Å². The Morgan fingerprint density at radius 1 is 1.11 bits per heavy atom. The van der Waals surface area contributed by atoms with Crippen molar-refractivity contribution in [1.82, 2.24) is 5.32 Å². The summed E-state index contributed by atoms with van der Waals surface area (Å²) >= 11 is 1.31. The van der Waals surface area contributed by atoms with E-state index in [1.54, 1.807) is 13.0 Å². The number of nitrogens with one attached hydrogen (secondary N) is 1. The van der Waals surface area contributed by atoms with E-state index in [1.807, 2.05) is 36.4 Å². The number of hydrogen-bond acceptors (Lipinski definition) is 5. The van der Waals surface area contributed by atoms with Gasteiger partial charge in [-0.15, -0.1) is 11.3 Å². The van der Waals surface area contributed by atoms with Gasteiger partial charge in [-0.25, -0.2) is 0 Å². The summed E-state index contributed by atoms with van der Waals surface area (Å²) in [5.41, 5.74) is 0.313. The van der Waals surface area contributed by atoms with E-state index in [9.17, 15) is 14.4 Å². The molecule has 1 aromatic heterocycles. The summed E-state index contributed by atoms with van der Waals surface area (Å²) in [7, 11) is 0. The van der Waals surface area contributed by atoms with E-state index in [0.717, 1.165) is 36.1 Å². The number of benzene rings is 1. The molecule has 148 valence electrons. The number of carbonyl (C=O) groups is 3. The largest absolute Gasteiger partial charge is 0.454 e. The number of carbonyl (C=O) groups excluding carboxylic acids is 3. The third-order valence-corrected chi connectivity index (χ3v) is 6.34. The van der Waals surface area contributed by atoms with Crippen LogP contribution in [0.3, 0.4) is 0 Å². The first-order valence-corrected chi connectivity index (χ1v) is 10.4.